The fourth-order valence-electron chi connectivity index (χ4n) is 2.65. The Balaban J connectivity index is 1.85. The van der Waals surface area contributed by atoms with E-state index in [1.807, 2.05) is 54.7 Å². The summed E-state index contributed by atoms with van der Waals surface area (Å²) in [5, 5.41) is 1.98. The molecule has 4 heteroatoms. The van der Waals surface area contributed by atoms with Crippen molar-refractivity contribution in [1.29, 1.82) is 0 Å². The lowest BCUT2D eigenvalue weighted by Crippen LogP contribution is -2.11. The van der Waals surface area contributed by atoms with Gasteiger partial charge in [0.2, 0.25) is 0 Å². The number of rotatable bonds is 2. The first-order valence-corrected chi connectivity index (χ1v) is 7.11. The maximum Gasteiger partial charge on any atom is 0.292 e. The molecular weight excluding hydrogens is 274 g/mol. The van der Waals surface area contributed by atoms with E-state index in [1.165, 1.54) is 0 Å². The molecule has 1 N–H and O–H groups in total. The van der Waals surface area contributed by atoms with Crippen molar-refractivity contribution in [2.75, 3.05) is 0 Å². The van der Waals surface area contributed by atoms with Crippen LogP contribution in [0.3, 0.4) is 0 Å². The van der Waals surface area contributed by atoms with Gasteiger partial charge in [0.15, 0.2) is 0 Å². The Hall–Kier alpha value is -3.01. The van der Waals surface area contributed by atoms with Crippen LogP contribution < -0.4 is 5.56 Å². The molecule has 2 aromatic heterocycles. The number of nitrogens with one attached hydrogen (secondary N) is 1. The summed E-state index contributed by atoms with van der Waals surface area (Å²) in [5.74, 6) is 0. The summed E-state index contributed by atoms with van der Waals surface area (Å²) in [5.41, 5.74) is 2.97. The second kappa shape index (κ2) is 5.07. The van der Waals surface area contributed by atoms with Crippen molar-refractivity contribution in [3.8, 4) is 0 Å². The molecule has 106 valence electrons. The Morgan fingerprint density at radius 2 is 1.82 bits per heavy atom. The molecule has 0 aliphatic carbocycles. The summed E-state index contributed by atoms with van der Waals surface area (Å²) in [6.45, 7) is 0. The van der Waals surface area contributed by atoms with Crippen LogP contribution in [0.25, 0.3) is 21.8 Å². The lowest BCUT2D eigenvalue weighted by atomic mass is 10.1. The van der Waals surface area contributed by atoms with E-state index in [0.717, 1.165) is 21.9 Å². The molecule has 0 bridgehead atoms. The molecule has 0 aliphatic heterocycles. The molecule has 0 saturated heterocycles. The number of aromatic nitrogens is 3. The van der Waals surface area contributed by atoms with Crippen molar-refractivity contribution >= 4 is 21.8 Å². The van der Waals surface area contributed by atoms with E-state index in [1.54, 1.807) is 6.20 Å². The van der Waals surface area contributed by atoms with Gasteiger partial charge in [-0.3, -0.25) is 9.78 Å². The standard InChI is InChI=1S/C18H13N3O/c22-18-17(20-10-12-5-1-3-7-15(12)21-18)9-13-11-19-16-8-4-2-6-14(13)16/h1-8,10-11,19H,9H2. The minimum absolute atomic E-state index is 0.272. The highest BCUT2D eigenvalue weighted by Crippen LogP contribution is 2.19. The van der Waals surface area contributed by atoms with Gasteiger partial charge in [-0.15, -0.1) is 0 Å². The van der Waals surface area contributed by atoms with Gasteiger partial charge in [-0.1, -0.05) is 36.4 Å². The SMILES string of the molecule is O=c1nc2ccccc2cnc1Cc1c[nH]c2ccccc12. The number of fused-ring (bicyclic) bond motifs is 2. The summed E-state index contributed by atoms with van der Waals surface area (Å²) in [7, 11) is 0. The van der Waals surface area contributed by atoms with Crippen molar-refractivity contribution in [3.05, 3.63) is 82.5 Å². The van der Waals surface area contributed by atoms with Crippen molar-refractivity contribution < 1.29 is 0 Å². The Morgan fingerprint density at radius 3 is 2.77 bits per heavy atom. The van der Waals surface area contributed by atoms with E-state index in [9.17, 15) is 4.79 Å². The van der Waals surface area contributed by atoms with Crippen molar-refractivity contribution in [1.82, 2.24) is 15.0 Å². The van der Waals surface area contributed by atoms with Crippen LogP contribution in [-0.2, 0) is 6.42 Å². The van der Waals surface area contributed by atoms with Gasteiger partial charge in [-0.25, -0.2) is 4.98 Å². The zero-order valence-electron chi connectivity index (χ0n) is 11.8. The second-order valence-corrected chi connectivity index (χ2v) is 5.22. The third-order valence-electron chi connectivity index (χ3n) is 3.80. The first-order chi connectivity index (χ1) is 10.8. The summed E-state index contributed by atoms with van der Waals surface area (Å²) >= 11 is 0. The minimum atomic E-state index is -0.272. The molecule has 4 rings (SSSR count). The summed E-state index contributed by atoms with van der Waals surface area (Å²) in [4.78, 5) is 24.1. The number of benzene rings is 2. The second-order valence-electron chi connectivity index (χ2n) is 5.22. The molecule has 0 amide bonds. The van der Waals surface area contributed by atoms with E-state index in [-0.39, 0.29) is 5.56 Å². The van der Waals surface area contributed by atoms with E-state index < -0.39 is 0 Å². The summed E-state index contributed by atoms with van der Waals surface area (Å²) in [6, 6.07) is 15.5. The molecule has 0 atom stereocenters. The molecule has 0 aliphatic rings. The molecule has 4 aromatic rings. The summed E-state index contributed by atoms with van der Waals surface area (Å²) in [6.07, 6.45) is 4.11. The van der Waals surface area contributed by atoms with Crippen molar-refractivity contribution in [2.45, 2.75) is 6.42 Å². The van der Waals surface area contributed by atoms with Crippen LogP contribution in [0.4, 0.5) is 0 Å². The van der Waals surface area contributed by atoms with Gasteiger partial charge in [0.1, 0.15) is 5.69 Å². The van der Waals surface area contributed by atoms with Crippen LogP contribution in [0.15, 0.2) is 65.7 Å². The van der Waals surface area contributed by atoms with E-state index >= 15 is 0 Å². The maximum atomic E-state index is 12.3. The number of hydrogen-bond acceptors (Lipinski definition) is 3. The monoisotopic (exact) mass is 287 g/mol. The van der Waals surface area contributed by atoms with E-state index in [4.69, 9.17) is 0 Å². The van der Waals surface area contributed by atoms with Crippen LogP contribution in [0.1, 0.15) is 11.3 Å². The van der Waals surface area contributed by atoms with Gasteiger partial charge < -0.3 is 4.98 Å². The largest absolute Gasteiger partial charge is 0.361 e. The Bertz CT molecular complexity index is 1040. The van der Waals surface area contributed by atoms with Crippen LogP contribution in [0.2, 0.25) is 0 Å². The van der Waals surface area contributed by atoms with E-state index in [2.05, 4.69) is 15.0 Å². The van der Waals surface area contributed by atoms with Gasteiger partial charge in [0.25, 0.3) is 5.56 Å². The Kier molecular flexibility index (Phi) is 2.93. The Labute approximate surface area is 126 Å². The average molecular weight is 287 g/mol. The molecule has 0 unspecified atom stereocenters. The number of para-hydroxylation sites is 2. The molecule has 2 aromatic carbocycles. The van der Waals surface area contributed by atoms with Crippen molar-refractivity contribution in [2.24, 2.45) is 0 Å². The van der Waals surface area contributed by atoms with E-state index in [0.29, 0.717) is 17.6 Å². The van der Waals surface area contributed by atoms with Gasteiger partial charge in [0.05, 0.1) is 5.52 Å². The highest BCUT2D eigenvalue weighted by molar-refractivity contribution is 5.83. The number of hydrogen-bond donors (Lipinski definition) is 1. The molecule has 0 fully saturated rings. The molecule has 0 saturated carbocycles. The first-order valence-electron chi connectivity index (χ1n) is 7.11. The lowest BCUT2D eigenvalue weighted by molar-refractivity contribution is 1.04. The molecule has 0 spiro atoms. The molecule has 0 radical (unpaired) electrons. The summed E-state index contributed by atoms with van der Waals surface area (Å²) < 4.78 is 0. The topological polar surface area (TPSA) is 58.6 Å². The normalized spacial score (nSPS) is 11.1. The highest BCUT2D eigenvalue weighted by Gasteiger charge is 2.08. The first kappa shape index (κ1) is 12.7. The van der Waals surface area contributed by atoms with Crippen molar-refractivity contribution in [3.63, 3.8) is 0 Å². The minimum Gasteiger partial charge on any atom is -0.361 e. The average Bonchev–Trinajstić information content (AvgIpc) is 2.88. The number of H-pyrrole nitrogens is 1. The fourth-order valence-corrected chi connectivity index (χ4v) is 2.65. The zero-order valence-corrected chi connectivity index (χ0v) is 11.8. The van der Waals surface area contributed by atoms with Crippen LogP contribution >= 0.6 is 0 Å². The fraction of sp³-hybridized carbons (Fsp3) is 0.0556. The highest BCUT2D eigenvalue weighted by atomic mass is 16.1. The van der Waals surface area contributed by atoms with Gasteiger partial charge in [0, 0.05) is 35.1 Å². The van der Waals surface area contributed by atoms with Crippen LogP contribution in [0.5, 0.6) is 0 Å². The molecular formula is C18H13N3O. The number of aromatic amines is 1. The smallest absolute Gasteiger partial charge is 0.292 e. The molecule has 2 heterocycles. The van der Waals surface area contributed by atoms with Gasteiger partial charge >= 0.3 is 0 Å². The predicted molar refractivity (Wildman–Crippen MR) is 86.9 cm³/mol. The number of nitrogens with zero attached hydrogens (tertiary/aromatic N) is 2. The third kappa shape index (κ3) is 2.15. The van der Waals surface area contributed by atoms with Crippen LogP contribution in [0, 0.1) is 0 Å². The molecule has 4 nitrogen and oxygen atoms in total. The third-order valence-corrected chi connectivity index (χ3v) is 3.80. The van der Waals surface area contributed by atoms with Crippen LogP contribution in [-0.4, -0.2) is 15.0 Å². The zero-order chi connectivity index (χ0) is 14.9. The quantitative estimate of drug-likeness (QED) is 0.616. The Morgan fingerprint density at radius 1 is 1.00 bits per heavy atom. The van der Waals surface area contributed by atoms with Gasteiger partial charge in [-0.2, -0.15) is 0 Å². The maximum absolute atomic E-state index is 12.3. The predicted octanol–water partition coefficient (Wildman–Crippen LogP) is 3.06. The van der Waals surface area contributed by atoms with Gasteiger partial charge in [-0.05, 0) is 17.7 Å². The lowest BCUT2D eigenvalue weighted by Gasteiger charge is -1.95. The molecule has 22 heavy (non-hydrogen) atoms.